The fourth-order valence-corrected chi connectivity index (χ4v) is 2.73. The summed E-state index contributed by atoms with van der Waals surface area (Å²) < 4.78 is 7.01. The smallest absolute Gasteiger partial charge is 0.322 e. The molecule has 0 atom stereocenters. The number of benzene rings is 1. The van der Waals surface area contributed by atoms with Crippen LogP contribution in [0.2, 0.25) is 0 Å². The summed E-state index contributed by atoms with van der Waals surface area (Å²) in [4.78, 5) is 13.5. The molecule has 7 nitrogen and oxygen atoms in total. The van der Waals surface area contributed by atoms with Crippen LogP contribution in [0.4, 0.5) is 6.01 Å². The van der Waals surface area contributed by atoms with E-state index in [1.54, 1.807) is 25.0 Å². The second kappa shape index (κ2) is 6.88. The molecule has 0 unspecified atom stereocenters. The predicted molar refractivity (Wildman–Crippen MR) is 91.2 cm³/mol. The number of nitrogens with one attached hydrogen (secondary N) is 1. The predicted octanol–water partition coefficient (Wildman–Crippen LogP) is 2.68. The van der Waals surface area contributed by atoms with Gasteiger partial charge in [0.1, 0.15) is 5.69 Å². The van der Waals surface area contributed by atoms with Crippen LogP contribution in [0, 0.1) is 6.92 Å². The number of anilines is 1. The average molecular weight is 343 g/mol. The minimum atomic E-state index is -0.327. The van der Waals surface area contributed by atoms with Gasteiger partial charge in [0.05, 0.1) is 12.6 Å². The van der Waals surface area contributed by atoms with Crippen LogP contribution in [0.25, 0.3) is 0 Å². The van der Waals surface area contributed by atoms with E-state index >= 15 is 0 Å². The third kappa shape index (κ3) is 3.48. The molecule has 0 saturated carbocycles. The topological polar surface area (TPSA) is 85.8 Å². The molecule has 8 heteroatoms. The summed E-state index contributed by atoms with van der Waals surface area (Å²) in [5, 5.41) is 14.5. The van der Waals surface area contributed by atoms with Gasteiger partial charge in [-0.25, -0.2) is 0 Å². The number of hydrogen-bond donors (Lipinski definition) is 1. The molecule has 0 spiro atoms. The summed E-state index contributed by atoms with van der Waals surface area (Å²) in [6.45, 7) is 1.82. The Labute approximate surface area is 143 Å². The third-order valence-electron chi connectivity index (χ3n) is 3.54. The Balaban J connectivity index is 1.68. The summed E-state index contributed by atoms with van der Waals surface area (Å²) in [5.41, 5.74) is 2.31. The van der Waals surface area contributed by atoms with Gasteiger partial charge in [-0.2, -0.15) is 5.10 Å². The molecule has 0 aliphatic heterocycles. The normalized spacial score (nSPS) is 10.8. The molecule has 1 aromatic carbocycles. The number of amides is 1. The van der Waals surface area contributed by atoms with Crippen molar-refractivity contribution in [2.75, 3.05) is 11.6 Å². The maximum atomic E-state index is 12.3. The monoisotopic (exact) mass is 343 g/mol. The number of aromatic nitrogens is 4. The van der Waals surface area contributed by atoms with Gasteiger partial charge >= 0.3 is 6.01 Å². The number of carbonyl (C=O) groups excluding carboxylic acids is 1. The fraction of sp³-hybridized carbons (Fsp3) is 0.250. The summed E-state index contributed by atoms with van der Waals surface area (Å²) >= 11 is 1.69. The van der Waals surface area contributed by atoms with Gasteiger partial charge in [0.25, 0.3) is 5.91 Å². The van der Waals surface area contributed by atoms with Gasteiger partial charge in [0.15, 0.2) is 0 Å². The third-order valence-corrected chi connectivity index (χ3v) is 4.28. The highest BCUT2D eigenvalue weighted by Gasteiger charge is 2.17. The van der Waals surface area contributed by atoms with E-state index in [9.17, 15) is 4.79 Å². The highest BCUT2D eigenvalue weighted by molar-refractivity contribution is 7.98. The Morgan fingerprint density at radius 3 is 2.67 bits per heavy atom. The van der Waals surface area contributed by atoms with E-state index in [1.165, 1.54) is 9.58 Å². The lowest BCUT2D eigenvalue weighted by Gasteiger charge is -2.02. The molecule has 0 radical (unpaired) electrons. The van der Waals surface area contributed by atoms with Crippen molar-refractivity contribution >= 4 is 23.7 Å². The first kappa shape index (κ1) is 16.3. The van der Waals surface area contributed by atoms with Crippen molar-refractivity contribution < 1.29 is 9.21 Å². The molecule has 1 amide bonds. The van der Waals surface area contributed by atoms with Gasteiger partial charge in [-0.05, 0) is 36.4 Å². The van der Waals surface area contributed by atoms with Gasteiger partial charge in [0.2, 0.25) is 5.89 Å². The van der Waals surface area contributed by atoms with Crippen LogP contribution in [0.3, 0.4) is 0 Å². The van der Waals surface area contributed by atoms with E-state index < -0.39 is 0 Å². The van der Waals surface area contributed by atoms with E-state index in [0.717, 1.165) is 11.1 Å². The summed E-state index contributed by atoms with van der Waals surface area (Å²) in [6.07, 6.45) is 4.18. The SMILES string of the molecule is CSc1ccc(Cc2nnc(NC(=O)c3c(C)cnn3C)o2)cc1. The van der Waals surface area contributed by atoms with E-state index in [1.807, 2.05) is 37.4 Å². The molecule has 0 aliphatic carbocycles. The quantitative estimate of drug-likeness (QED) is 0.717. The molecule has 0 fully saturated rings. The Hall–Kier alpha value is -2.61. The lowest BCUT2D eigenvalue weighted by atomic mass is 10.1. The molecule has 0 bridgehead atoms. The zero-order valence-corrected chi connectivity index (χ0v) is 14.4. The molecule has 124 valence electrons. The first-order chi connectivity index (χ1) is 11.6. The van der Waals surface area contributed by atoms with E-state index in [0.29, 0.717) is 18.0 Å². The number of carbonyl (C=O) groups is 1. The van der Waals surface area contributed by atoms with Crippen molar-refractivity contribution in [2.24, 2.45) is 7.05 Å². The largest absolute Gasteiger partial charge is 0.407 e. The van der Waals surface area contributed by atoms with Crippen molar-refractivity contribution in [2.45, 2.75) is 18.2 Å². The van der Waals surface area contributed by atoms with Gasteiger partial charge < -0.3 is 4.42 Å². The molecular weight excluding hydrogens is 326 g/mol. The van der Waals surface area contributed by atoms with Gasteiger partial charge in [0, 0.05) is 11.9 Å². The van der Waals surface area contributed by atoms with Crippen LogP contribution in [-0.2, 0) is 13.5 Å². The van der Waals surface area contributed by atoms with Crippen LogP contribution in [-0.4, -0.2) is 32.1 Å². The van der Waals surface area contributed by atoms with Crippen molar-refractivity contribution in [3.8, 4) is 0 Å². The van der Waals surface area contributed by atoms with Gasteiger partial charge in [-0.1, -0.05) is 17.2 Å². The molecular formula is C16H17N5O2S. The minimum Gasteiger partial charge on any atom is -0.407 e. The van der Waals surface area contributed by atoms with Crippen molar-refractivity contribution in [1.82, 2.24) is 20.0 Å². The molecule has 0 saturated heterocycles. The minimum absolute atomic E-state index is 0.0799. The first-order valence-electron chi connectivity index (χ1n) is 7.32. The Bertz CT molecular complexity index is 834. The van der Waals surface area contributed by atoms with Gasteiger partial charge in [-0.15, -0.1) is 16.9 Å². The van der Waals surface area contributed by atoms with Crippen molar-refractivity contribution in [3.63, 3.8) is 0 Å². The molecule has 0 aliphatic rings. The van der Waals surface area contributed by atoms with Crippen molar-refractivity contribution in [1.29, 1.82) is 0 Å². The van der Waals surface area contributed by atoms with E-state index in [4.69, 9.17) is 4.42 Å². The summed E-state index contributed by atoms with van der Waals surface area (Å²) in [5.74, 6) is 0.121. The zero-order valence-electron chi connectivity index (χ0n) is 13.6. The number of aryl methyl sites for hydroxylation is 2. The second-order valence-electron chi connectivity index (χ2n) is 5.28. The molecule has 3 aromatic rings. The maximum absolute atomic E-state index is 12.3. The molecule has 24 heavy (non-hydrogen) atoms. The molecule has 3 rings (SSSR count). The number of thioether (sulfide) groups is 1. The van der Waals surface area contributed by atoms with Crippen LogP contribution >= 0.6 is 11.8 Å². The maximum Gasteiger partial charge on any atom is 0.322 e. The Morgan fingerprint density at radius 1 is 1.29 bits per heavy atom. The average Bonchev–Trinajstić information content (AvgIpc) is 3.14. The number of hydrogen-bond acceptors (Lipinski definition) is 6. The van der Waals surface area contributed by atoms with Crippen LogP contribution < -0.4 is 5.32 Å². The first-order valence-corrected chi connectivity index (χ1v) is 8.54. The lowest BCUT2D eigenvalue weighted by Crippen LogP contribution is -2.17. The van der Waals surface area contributed by atoms with Gasteiger partial charge in [-0.3, -0.25) is 14.8 Å². The Kier molecular flexibility index (Phi) is 4.66. The fourth-order valence-electron chi connectivity index (χ4n) is 2.32. The summed E-state index contributed by atoms with van der Waals surface area (Å²) in [6, 6.07) is 8.21. The second-order valence-corrected chi connectivity index (χ2v) is 6.16. The van der Waals surface area contributed by atoms with E-state index in [-0.39, 0.29) is 11.9 Å². The number of nitrogens with zero attached hydrogens (tertiary/aromatic N) is 4. The van der Waals surface area contributed by atoms with Crippen molar-refractivity contribution in [3.05, 3.63) is 53.2 Å². The van der Waals surface area contributed by atoms with Crippen LogP contribution in [0.1, 0.15) is 27.5 Å². The highest BCUT2D eigenvalue weighted by atomic mass is 32.2. The van der Waals surface area contributed by atoms with Crippen LogP contribution in [0.15, 0.2) is 39.8 Å². The molecule has 1 N–H and O–H groups in total. The highest BCUT2D eigenvalue weighted by Crippen LogP contribution is 2.17. The molecule has 2 heterocycles. The Morgan fingerprint density at radius 2 is 2.04 bits per heavy atom. The number of rotatable bonds is 5. The van der Waals surface area contributed by atoms with E-state index in [2.05, 4.69) is 20.6 Å². The summed E-state index contributed by atoms with van der Waals surface area (Å²) in [7, 11) is 1.71. The zero-order chi connectivity index (χ0) is 17.1. The standard InChI is InChI=1S/C16H17N5O2S/c1-10-9-17-21(2)14(10)15(22)18-16-20-19-13(23-16)8-11-4-6-12(24-3)7-5-11/h4-7,9H,8H2,1-3H3,(H,18,20,22). The lowest BCUT2D eigenvalue weighted by molar-refractivity contribution is 0.101. The molecule has 2 aromatic heterocycles. The van der Waals surface area contributed by atoms with Crippen LogP contribution in [0.5, 0.6) is 0 Å².